The lowest BCUT2D eigenvalue weighted by Gasteiger charge is -2.25. The van der Waals surface area contributed by atoms with Crippen LogP contribution < -0.4 is 5.32 Å². The van der Waals surface area contributed by atoms with E-state index >= 15 is 0 Å². The minimum absolute atomic E-state index is 0.155. The van der Waals surface area contributed by atoms with Crippen LogP contribution in [-0.4, -0.2) is 46.9 Å². The van der Waals surface area contributed by atoms with E-state index in [0.29, 0.717) is 18.7 Å². The zero-order valence-corrected chi connectivity index (χ0v) is 15.7. The molecule has 0 aliphatic carbocycles. The first-order valence-electron chi connectivity index (χ1n) is 9.49. The fraction of sp³-hybridized carbons (Fsp3) is 0.333. The highest BCUT2D eigenvalue weighted by molar-refractivity contribution is 5.94. The molecule has 4 rings (SSSR count). The highest BCUT2D eigenvalue weighted by Gasteiger charge is 2.19. The normalized spacial score (nSPS) is 16.0. The lowest BCUT2D eigenvalue weighted by molar-refractivity contribution is 0.0313. The smallest absolute Gasteiger partial charge is 0.255 e. The third-order valence-corrected chi connectivity index (χ3v) is 4.84. The van der Waals surface area contributed by atoms with Crippen LogP contribution in [0.3, 0.4) is 0 Å². The van der Waals surface area contributed by atoms with Gasteiger partial charge >= 0.3 is 0 Å². The molecule has 3 aromatic rings. The summed E-state index contributed by atoms with van der Waals surface area (Å²) in [6.07, 6.45) is 5.15. The van der Waals surface area contributed by atoms with Gasteiger partial charge in [0.15, 0.2) is 0 Å². The van der Waals surface area contributed by atoms with E-state index in [1.54, 1.807) is 6.20 Å². The zero-order chi connectivity index (χ0) is 19.2. The van der Waals surface area contributed by atoms with Crippen LogP contribution in [0.15, 0.2) is 65.5 Å². The van der Waals surface area contributed by atoms with Gasteiger partial charge in [-0.25, -0.2) is 0 Å². The molecule has 28 heavy (non-hydrogen) atoms. The Balaban J connectivity index is 1.43. The lowest BCUT2D eigenvalue weighted by atomic mass is 10.1. The summed E-state index contributed by atoms with van der Waals surface area (Å²) < 4.78 is 12.8. The van der Waals surface area contributed by atoms with Crippen LogP contribution in [0.2, 0.25) is 0 Å². The number of morpholine rings is 1. The maximum atomic E-state index is 12.8. The Hall–Kier alpha value is -2.90. The number of hydrogen-bond donors (Lipinski definition) is 1. The van der Waals surface area contributed by atoms with E-state index in [2.05, 4.69) is 15.3 Å². The molecule has 0 bridgehead atoms. The first-order chi connectivity index (χ1) is 13.8. The Morgan fingerprint density at radius 3 is 2.75 bits per heavy atom. The second-order valence-electron chi connectivity index (χ2n) is 6.86. The quantitative estimate of drug-likeness (QED) is 0.682. The van der Waals surface area contributed by atoms with Crippen molar-refractivity contribution in [2.24, 2.45) is 0 Å². The molecule has 0 spiro atoms. The van der Waals surface area contributed by atoms with Crippen LogP contribution in [0.25, 0.3) is 0 Å². The van der Waals surface area contributed by atoms with Gasteiger partial charge in [-0.3, -0.25) is 14.4 Å². The zero-order valence-electron chi connectivity index (χ0n) is 15.7. The van der Waals surface area contributed by atoms with E-state index in [0.717, 1.165) is 37.6 Å². The Kier molecular flexibility index (Phi) is 5.84. The number of benzene rings is 1. The number of ether oxygens (including phenoxy) is 1. The number of aromatic nitrogens is 2. The standard InChI is InChI=1S/C21H24N4O3/c26-21(18-13-19(28-16-18)14-24-9-11-27-12-10-24)23-20(15-25-8-4-7-22-25)17-5-2-1-3-6-17/h1-8,13,16,20H,9-12,14-15H2,(H,23,26)/t20-/m0/s1. The summed E-state index contributed by atoms with van der Waals surface area (Å²) in [5.41, 5.74) is 1.56. The van der Waals surface area contributed by atoms with Crippen molar-refractivity contribution >= 4 is 5.91 Å². The van der Waals surface area contributed by atoms with Crippen molar-refractivity contribution in [1.29, 1.82) is 0 Å². The molecule has 1 aromatic carbocycles. The van der Waals surface area contributed by atoms with E-state index in [-0.39, 0.29) is 11.9 Å². The van der Waals surface area contributed by atoms with Crippen molar-refractivity contribution in [2.45, 2.75) is 19.1 Å². The molecule has 7 nitrogen and oxygen atoms in total. The number of rotatable bonds is 7. The number of amides is 1. The molecule has 1 saturated heterocycles. The summed E-state index contributed by atoms with van der Waals surface area (Å²) in [5, 5.41) is 7.37. The van der Waals surface area contributed by atoms with E-state index in [1.165, 1.54) is 6.26 Å². The van der Waals surface area contributed by atoms with Gasteiger partial charge in [0.2, 0.25) is 0 Å². The largest absolute Gasteiger partial charge is 0.467 e. The molecule has 1 N–H and O–H groups in total. The highest BCUT2D eigenvalue weighted by atomic mass is 16.5. The summed E-state index contributed by atoms with van der Waals surface area (Å²) in [4.78, 5) is 15.1. The Labute approximate surface area is 163 Å². The van der Waals surface area contributed by atoms with Crippen molar-refractivity contribution in [2.75, 3.05) is 26.3 Å². The predicted octanol–water partition coefficient (Wildman–Crippen LogP) is 2.48. The monoisotopic (exact) mass is 380 g/mol. The Morgan fingerprint density at radius 1 is 1.18 bits per heavy atom. The summed E-state index contributed by atoms with van der Waals surface area (Å²) in [6.45, 7) is 4.47. The maximum absolute atomic E-state index is 12.8. The number of furan rings is 1. The number of nitrogens with one attached hydrogen (secondary N) is 1. The van der Waals surface area contributed by atoms with Crippen molar-refractivity contribution in [3.63, 3.8) is 0 Å². The summed E-state index contributed by atoms with van der Waals surface area (Å²) in [7, 11) is 0. The molecule has 0 unspecified atom stereocenters. The highest BCUT2D eigenvalue weighted by Crippen LogP contribution is 2.17. The molecule has 1 aliphatic heterocycles. The van der Waals surface area contributed by atoms with Crippen LogP contribution in [-0.2, 0) is 17.8 Å². The molecule has 1 amide bonds. The molecule has 2 aromatic heterocycles. The van der Waals surface area contributed by atoms with Gasteiger partial charge in [-0.2, -0.15) is 5.10 Å². The van der Waals surface area contributed by atoms with Gasteiger partial charge in [-0.05, 0) is 17.7 Å². The minimum Gasteiger partial charge on any atom is -0.467 e. The van der Waals surface area contributed by atoms with Gasteiger partial charge in [0.25, 0.3) is 5.91 Å². The van der Waals surface area contributed by atoms with Gasteiger partial charge < -0.3 is 14.5 Å². The molecular weight excluding hydrogens is 356 g/mol. The van der Waals surface area contributed by atoms with Crippen molar-refractivity contribution in [3.05, 3.63) is 78.0 Å². The van der Waals surface area contributed by atoms with Crippen LogP contribution >= 0.6 is 0 Å². The van der Waals surface area contributed by atoms with Gasteiger partial charge in [-0.15, -0.1) is 0 Å². The van der Waals surface area contributed by atoms with Crippen LogP contribution in [0.5, 0.6) is 0 Å². The fourth-order valence-corrected chi connectivity index (χ4v) is 3.32. The number of carbonyl (C=O) groups is 1. The van der Waals surface area contributed by atoms with Gasteiger partial charge in [-0.1, -0.05) is 30.3 Å². The molecule has 3 heterocycles. The Morgan fingerprint density at radius 2 is 2.00 bits per heavy atom. The van der Waals surface area contributed by atoms with Gasteiger partial charge in [0.05, 0.1) is 37.9 Å². The fourth-order valence-electron chi connectivity index (χ4n) is 3.32. The molecule has 7 heteroatoms. The molecule has 0 radical (unpaired) electrons. The Bertz CT molecular complexity index is 870. The summed E-state index contributed by atoms with van der Waals surface area (Å²) in [5.74, 6) is 0.633. The number of hydrogen-bond acceptors (Lipinski definition) is 5. The topological polar surface area (TPSA) is 72.5 Å². The molecular formula is C21H24N4O3. The van der Waals surface area contributed by atoms with Crippen molar-refractivity contribution in [3.8, 4) is 0 Å². The average Bonchev–Trinajstić information content (AvgIpc) is 3.41. The molecule has 0 saturated carbocycles. The summed E-state index contributed by atoms with van der Waals surface area (Å²) >= 11 is 0. The second kappa shape index (κ2) is 8.86. The maximum Gasteiger partial charge on any atom is 0.255 e. The van der Waals surface area contributed by atoms with E-state index < -0.39 is 0 Å². The van der Waals surface area contributed by atoms with Crippen LogP contribution in [0.1, 0.15) is 27.7 Å². The number of carbonyl (C=O) groups excluding carboxylic acids is 1. The van der Waals surface area contributed by atoms with Crippen molar-refractivity contribution < 1.29 is 13.9 Å². The number of nitrogens with zero attached hydrogens (tertiary/aromatic N) is 3. The first kappa shape index (κ1) is 18.5. The van der Waals surface area contributed by atoms with E-state index in [4.69, 9.17) is 9.15 Å². The first-order valence-corrected chi connectivity index (χ1v) is 9.49. The summed E-state index contributed by atoms with van der Waals surface area (Å²) in [6, 6.07) is 13.4. The average molecular weight is 380 g/mol. The van der Waals surface area contributed by atoms with Crippen molar-refractivity contribution in [1.82, 2.24) is 20.0 Å². The molecule has 1 fully saturated rings. The predicted molar refractivity (Wildman–Crippen MR) is 104 cm³/mol. The minimum atomic E-state index is -0.189. The molecule has 1 aliphatic rings. The van der Waals surface area contributed by atoms with Gasteiger partial charge in [0.1, 0.15) is 12.0 Å². The molecule has 146 valence electrons. The second-order valence-corrected chi connectivity index (χ2v) is 6.86. The van der Waals surface area contributed by atoms with Crippen LogP contribution in [0, 0.1) is 0 Å². The SMILES string of the molecule is O=C(N[C@@H](Cn1cccn1)c1ccccc1)c1coc(CN2CCOCC2)c1. The lowest BCUT2D eigenvalue weighted by Crippen LogP contribution is -2.35. The van der Waals surface area contributed by atoms with Crippen LogP contribution in [0.4, 0.5) is 0 Å². The van der Waals surface area contributed by atoms with E-state index in [9.17, 15) is 4.79 Å². The van der Waals surface area contributed by atoms with Gasteiger partial charge in [0, 0.05) is 25.5 Å². The third kappa shape index (κ3) is 4.68. The molecule has 1 atom stereocenters. The third-order valence-electron chi connectivity index (χ3n) is 4.84. The van der Waals surface area contributed by atoms with E-state index in [1.807, 2.05) is 53.3 Å².